The third-order valence-corrected chi connectivity index (χ3v) is 68.3. The van der Waals surface area contributed by atoms with Crippen molar-refractivity contribution in [1.29, 1.82) is 0 Å². The van der Waals surface area contributed by atoms with Gasteiger partial charge in [0, 0.05) is 0 Å². The Kier molecular flexibility index (Phi) is 0.522. The Labute approximate surface area is 125 Å². The van der Waals surface area contributed by atoms with Crippen LogP contribution in [0.2, 0.25) is 42.8 Å². The van der Waals surface area contributed by atoms with Gasteiger partial charge in [-0.3, -0.25) is 0 Å². The standard InChI is InChI=1S/C14H24OP.C5H5.Fe/c1-10(2)16(11(3)4)14-9-7-8-13(14)12(5)15-6;1-2-4-5-3-1;/h7-12H,1-6H3;1-5H;. The van der Waals surface area contributed by atoms with E-state index in [1.807, 2.05) is 0 Å². The number of methoxy groups -OCH3 is 1. The van der Waals surface area contributed by atoms with Crippen LogP contribution in [0.3, 0.4) is 0 Å². The van der Waals surface area contributed by atoms with E-state index in [-0.39, 0.29) is 7.92 Å². The molecule has 10 heterocycles. The predicted molar refractivity (Wildman–Crippen MR) is 89.1 cm³/mol. The van der Waals surface area contributed by atoms with Gasteiger partial charge in [0.05, 0.1) is 0 Å². The summed E-state index contributed by atoms with van der Waals surface area (Å²) in [6, 6.07) is 0. The van der Waals surface area contributed by atoms with Crippen molar-refractivity contribution in [3.05, 3.63) is 0 Å². The fourth-order valence-corrected chi connectivity index (χ4v) is 114. The molecule has 10 rings (SSSR count). The van der Waals surface area contributed by atoms with Crippen LogP contribution in [0.25, 0.3) is 0 Å². The molecule has 0 radical (unpaired) electrons. The molecule has 0 saturated carbocycles. The molecule has 10 aliphatic rings. The van der Waals surface area contributed by atoms with E-state index >= 15 is 0 Å². The molecule has 10 fully saturated rings. The van der Waals surface area contributed by atoms with E-state index < -0.39 is 6.51 Å². The van der Waals surface area contributed by atoms with Crippen LogP contribution >= 0.6 is 7.92 Å². The van der Waals surface area contributed by atoms with Crippen molar-refractivity contribution in [2.75, 3.05) is 7.11 Å². The van der Waals surface area contributed by atoms with Gasteiger partial charge >= 0.3 is 125 Å². The Balaban J connectivity index is 1.47. The SMILES string of the molecule is COC(C)[C]12[CH]3[CH]4[CH]5[C]1(P(C(C)C)C(C)C)[Fe]43521678[CH]2[CH]1[CH]6[CH]7[CH]28. The zero-order valence-electron chi connectivity index (χ0n) is 14.6. The molecule has 22 heavy (non-hydrogen) atoms. The Bertz CT molecular complexity index is 1070. The fraction of sp³-hybridized carbons (Fsp3) is 1.00. The first kappa shape index (κ1) is 10.8. The minimum absolute atomic E-state index is 0.237. The van der Waals surface area contributed by atoms with Crippen molar-refractivity contribution in [3.63, 3.8) is 0 Å². The Morgan fingerprint density at radius 3 is 1.64 bits per heavy atom. The molecule has 0 amide bonds. The first-order chi connectivity index (χ1) is 10.2. The van der Waals surface area contributed by atoms with Crippen LogP contribution in [0.15, 0.2) is 0 Å². The summed E-state index contributed by atoms with van der Waals surface area (Å²) >= 11 is 0. The van der Waals surface area contributed by atoms with Crippen LogP contribution < -0.4 is 0 Å². The molecule has 1 nitrogen and oxygen atoms in total. The zero-order chi connectivity index (χ0) is 15.0. The van der Waals surface area contributed by atoms with Crippen molar-refractivity contribution >= 4 is 7.92 Å². The van der Waals surface area contributed by atoms with Gasteiger partial charge < -0.3 is 0 Å². The second-order valence-electron chi connectivity index (χ2n) is 13.2. The topological polar surface area (TPSA) is 9.23 Å². The van der Waals surface area contributed by atoms with E-state index in [0.717, 1.165) is 19.7 Å². The summed E-state index contributed by atoms with van der Waals surface area (Å²) < 4.78 is 8.16. The number of hydrogen-bond donors (Lipinski definition) is 0. The van der Waals surface area contributed by atoms with Crippen LogP contribution in [-0.2, 0) is 11.2 Å². The predicted octanol–water partition coefficient (Wildman–Crippen LogP) is 5.99. The molecule has 10 saturated heterocycles. The molecular weight excluding hydrogens is 331 g/mol. The summed E-state index contributed by atoms with van der Waals surface area (Å²) in [6.45, 7) is 9.72. The van der Waals surface area contributed by atoms with Crippen molar-refractivity contribution in [2.45, 2.75) is 98.9 Å². The Morgan fingerprint density at radius 1 is 0.818 bits per heavy atom. The van der Waals surface area contributed by atoms with Gasteiger partial charge in [0.25, 0.3) is 0 Å². The van der Waals surface area contributed by atoms with E-state index in [9.17, 15) is 0 Å². The number of hydrogen-bond acceptors (Lipinski definition) is 1. The van der Waals surface area contributed by atoms with Gasteiger partial charge in [-0.1, -0.05) is 0 Å². The summed E-state index contributed by atoms with van der Waals surface area (Å²) in [5, 5.41) is 0. The van der Waals surface area contributed by atoms with E-state index in [0.29, 0.717) is 6.10 Å². The summed E-state index contributed by atoms with van der Waals surface area (Å²) in [5.74, 6) is 0. The van der Waals surface area contributed by atoms with Crippen LogP contribution in [0.1, 0.15) is 34.6 Å². The molecule has 124 valence electrons. The van der Waals surface area contributed by atoms with E-state index in [2.05, 4.69) is 41.7 Å². The van der Waals surface area contributed by atoms with Crippen LogP contribution in [0.5, 0.6) is 0 Å². The van der Waals surface area contributed by atoms with E-state index in [1.165, 1.54) is 38.5 Å². The van der Waals surface area contributed by atoms with Gasteiger partial charge in [-0.2, -0.15) is 0 Å². The van der Waals surface area contributed by atoms with Crippen molar-refractivity contribution < 1.29 is 11.2 Å². The van der Waals surface area contributed by atoms with Crippen LogP contribution in [0, 0.1) is 0 Å². The molecule has 0 aromatic carbocycles. The molecule has 0 aromatic heterocycles. The molecule has 10 aliphatic heterocycles. The van der Waals surface area contributed by atoms with Gasteiger partial charge in [0.1, 0.15) is 0 Å². The molecule has 6 atom stereocenters. The quantitative estimate of drug-likeness (QED) is 0.432. The first-order valence-corrected chi connectivity index (χ1v) is 17.4. The molecule has 3 heteroatoms. The molecular formula is C19H29FeOP. The normalized spacial score (nSPS) is 101. The summed E-state index contributed by atoms with van der Waals surface area (Å²) in [6.07, 6.45) is 0.638. The van der Waals surface area contributed by atoms with Gasteiger partial charge in [0.2, 0.25) is 0 Å². The van der Waals surface area contributed by atoms with Gasteiger partial charge in [-0.15, -0.1) is 0 Å². The second-order valence-corrected chi connectivity index (χ2v) is 40.5. The maximum absolute atomic E-state index is 6.26. The minimum atomic E-state index is -3.22. The van der Waals surface area contributed by atoms with Gasteiger partial charge in [-0.25, -0.2) is 0 Å². The van der Waals surface area contributed by atoms with Crippen molar-refractivity contribution in [3.8, 4) is 0 Å². The van der Waals surface area contributed by atoms with Gasteiger partial charge in [-0.05, 0) is 0 Å². The monoisotopic (exact) mass is 360 g/mol. The first-order valence-electron chi connectivity index (χ1n) is 9.71. The Hall–Kier alpha value is 0.909. The molecule has 1 spiro atoms. The molecule has 6 unspecified atom stereocenters. The van der Waals surface area contributed by atoms with Gasteiger partial charge in [0.15, 0.2) is 0 Å². The average molecular weight is 360 g/mol. The second kappa shape index (κ2) is 1.06. The van der Waals surface area contributed by atoms with E-state index in [1.54, 1.807) is 0 Å². The Morgan fingerprint density at radius 2 is 1.32 bits per heavy atom. The van der Waals surface area contributed by atoms with Crippen LogP contribution in [-0.4, -0.2) is 28.6 Å². The fourth-order valence-electron chi connectivity index (χ4n) is 20.0. The summed E-state index contributed by atoms with van der Waals surface area (Å²) in [5.41, 5.74) is 1.94. The molecule has 0 aliphatic carbocycles. The van der Waals surface area contributed by atoms with Crippen molar-refractivity contribution in [2.24, 2.45) is 0 Å². The summed E-state index contributed by atoms with van der Waals surface area (Å²) in [4.78, 5) is 11.3. The van der Waals surface area contributed by atoms with Crippen molar-refractivity contribution in [1.82, 2.24) is 0 Å². The van der Waals surface area contributed by atoms with E-state index in [4.69, 9.17) is 4.74 Å². The molecule has 0 aromatic rings. The number of ether oxygens (including phenoxy) is 1. The summed E-state index contributed by atoms with van der Waals surface area (Å²) in [7, 11) is 2.29. The molecule has 0 bridgehead atoms. The zero-order valence-corrected chi connectivity index (χ0v) is 16.6. The third-order valence-electron chi connectivity index (χ3n) is 17.3. The maximum atomic E-state index is 6.26. The van der Waals surface area contributed by atoms with Crippen LogP contribution in [0.4, 0.5) is 0 Å². The number of rotatable bonds is 5. The molecule has 0 N–H and O–H groups in total. The number of fused-ring (bicyclic) bond motifs is 10. The average Bonchev–Trinajstić information content (AvgIpc) is 3.39. The third kappa shape index (κ3) is 0.133.